The molecule has 2 aromatic rings. The van der Waals surface area contributed by atoms with Crippen molar-refractivity contribution in [3.63, 3.8) is 0 Å². The third-order valence-corrected chi connectivity index (χ3v) is 3.16. The van der Waals surface area contributed by atoms with E-state index in [1.165, 1.54) is 42.5 Å². The highest BCUT2D eigenvalue weighted by Gasteiger charge is 2.11. The summed E-state index contributed by atoms with van der Waals surface area (Å²) in [5.74, 6) is -0.0753. The smallest absolute Gasteiger partial charge is 0.238 e. The number of ether oxygens (including phenoxy) is 1. The van der Waals surface area contributed by atoms with Crippen LogP contribution in [-0.2, 0) is 10.0 Å². The van der Waals surface area contributed by atoms with Gasteiger partial charge in [0.2, 0.25) is 10.0 Å². The van der Waals surface area contributed by atoms with E-state index in [2.05, 4.69) is 0 Å². The SMILES string of the molecule is Nc1cc(Oc2cccc(F)c2)cc(S(N)(=O)=O)c1. The lowest BCUT2D eigenvalue weighted by atomic mass is 10.3. The number of benzene rings is 2. The molecule has 0 unspecified atom stereocenters. The molecule has 2 aromatic carbocycles. The van der Waals surface area contributed by atoms with Crippen LogP contribution in [0.1, 0.15) is 0 Å². The highest BCUT2D eigenvalue weighted by molar-refractivity contribution is 7.89. The highest BCUT2D eigenvalue weighted by Crippen LogP contribution is 2.26. The van der Waals surface area contributed by atoms with E-state index in [1.807, 2.05) is 0 Å². The topological polar surface area (TPSA) is 95.4 Å². The summed E-state index contributed by atoms with van der Waals surface area (Å²) in [6.45, 7) is 0. The quantitative estimate of drug-likeness (QED) is 0.840. The van der Waals surface area contributed by atoms with Gasteiger partial charge < -0.3 is 10.5 Å². The molecule has 19 heavy (non-hydrogen) atoms. The van der Waals surface area contributed by atoms with Gasteiger partial charge in [-0.15, -0.1) is 0 Å². The molecule has 0 bridgehead atoms. The third-order valence-electron chi connectivity index (χ3n) is 2.26. The standard InChI is InChI=1S/C12H11FN2O3S/c13-8-2-1-3-10(4-8)18-11-5-9(14)6-12(7-11)19(15,16)17/h1-7H,14H2,(H2,15,16,17). The summed E-state index contributed by atoms with van der Waals surface area (Å²) in [5, 5.41) is 5.01. The van der Waals surface area contributed by atoms with Gasteiger partial charge in [0.05, 0.1) is 4.90 Å². The molecule has 0 fully saturated rings. The van der Waals surface area contributed by atoms with Crippen LogP contribution < -0.4 is 15.6 Å². The first-order chi connectivity index (χ1) is 8.84. The van der Waals surface area contributed by atoms with Gasteiger partial charge in [-0.3, -0.25) is 0 Å². The molecule has 100 valence electrons. The fraction of sp³-hybridized carbons (Fsp3) is 0. The number of rotatable bonds is 3. The molecule has 0 heterocycles. The van der Waals surface area contributed by atoms with Crippen molar-refractivity contribution < 1.29 is 17.5 Å². The van der Waals surface area contributed by atoms with Crippen molar-refractivity contribution in [3.05, 3.63) is 48.3 Å². The fourth-order valence-corrected chi connectivity index (χ4v) is 2.06. The zero-order valence-corrected chi connectivity index (χ0v) is 10.5. The van der Waals surface area contributed by atoms with Crippen molar-refractivity contribution >= 4 is 15.7 Å². The lowest BCUT2D eigenvalue weighted by Gasteiger charge is -2.08. The first-order valence-corrected chi connectivity index (χ1v) is 6.76. The van der Waals surface area contributed by atoms with Crippen LogP contribution in [-0.4, -0.2) is 8.42 Å². The number of hydrogen-bond donors (Lipinski definition) is 2. The molecular formula is C12H11FN2O3S. The Bertz CT molecular complexity index is 717. The Morgan fingerprint density at radius 3 is 2.42 bits per heavy atom. The van der Waals surface area contributed by atoms with E-state index < -0.39 is 15.8 Å². The molecule has 0 aliphatic rings. The molecule has 0 aliphatic carbocycles. The number of anilines is 1. The number of hydrogen-bond acceptors (Lipinski definition) is 4. The van der Waals surface area contributed by atoms with Crippen molar-refractivity contribution in [3.8, 4) is 11.5 Å². The summed E-state index contributed by atoms with van der Waals surface area (Å²) in [7, 11) is -3.88. The van der Waals surface area contributed by atoms with Crippen molar-refractivity contribution in [1.82, 2.24) is 0 Å². The Morgan fingerprint density at radius 2 is 1.79 bits per heavy atom. The second-order valence-corrected chi connectivity index (χ2v) is 5.40. The molecule has 0 saturated carbocycles. The Labute approximate surface area is 109 Å². The average molecular weight is 282 g/mol. The molecule has 0 radical (unpaired) electrons. The normalized spacial score (nSPS) is 11.3. The summed E-state index contributed by atoms with van der Waals surface area (Å²) in [5.41, 5.74) is 5.74. The molecule has 0 amide bonds. The van der Waals surface area contributed by atoms with Gasteiger partial charge in [0.1, 0.15) is 17.3 Å². The average Bonchev–Trinajstić information content (AvgIpc) is 2.26. The van der Waals surface area contributed by atoms with E-state index in [1.54, 1.807) is 0 Å². The zero-order valence-electron chi connectivity index (χ0n) is 9.71. The molecule has 5 nitrogen and oxygen atoms in total. The largest absolute Gasteiger partial charge is 0.457 e. The third kappa shape index (κ3) is 3.43. The van der Waals surface area contributed by atoms with Gasteiger partial charge in [0.15, 0.2) is 0 Å². The van der Waals surface area contributed by atoms with Crippen LogP contribution in [0.3, 0.4) is 0 Å². The van der Waals surface area contributed by atoms with Gasteiger partial charge in [0.25, 0.3) is 0 Å². The Hall–Kier alpha value is -2.12. The second kappa shape index (κ2) is 4.87. The number of primary sulfonamides is 1. The maximum Gasteiger partial charge on any atom is 0.238 e. The molecule has 0 atom stereocenters. The first-order valence-electron chi connectivity index (χ1n) is 5.21. The van der Waals surface area contributed by atoms with Gasteiger partial charge in [-0.2, -0.15) is 0 Å². The van der Waals surface area contributed by atoms with Crippen LogP contribution in [0.5, 0.6) is 11.5 Å². The summed E-state index contributed by atoms with van der Waals surface area (Å²) >= 11 is 0. The molecular weight excluding hydrogens is 271 g/mol. The van der Waals surface area contributed by atoms with Gasteiger partial charge in [-0.25, -0.2) is 17.9 Å². The van der Waals surface area contributed by atoms with E-state index in [0.717, 1.165) is 0 Å². The summed E-state index contributed by atoms with van der Waals surface area (Å²) in [6, 6.07) is 9.28. The molecule has 0 saturated heterocycles. The van der Waals surface area contributed by atoms with Crippen molar-refractivity contribution in [2.24, 2.45) is 5.14 Å². The Morgan fingerprint density at radius 1 is 1.05 bits per heavy atom. The highest BCUT2D eigenvalue weighted by atomic mass is 32.2. The van der Waals surface area contributed by atoms with E-state index in [9.17, 15) is 12.8 Å². The minimum Gasteiger partial charge on any atom is -0.457 e. The molecule has 0 spiro atoms. The molecule has 7 heteroatoms. The summed E-state index contributed by atoms with van der Waals surface area (Å²) < 4.78 is 40.8. The van der Waals surface area contributed by atoms with E-state index in [-0.39, 0.29) is 22.1 Å². The van der Waals surface area contributed by atoms with Gasteiger partial charge in [0, 0.05) is 23.9 Å². The second-order valence-electron chi connectivity index (χ2n) is 3.84. The number of halogens is 1. The van der Waals surface area contributed by atoms with Crippen LogP contribution in [0, 0.1) is 5.82 Å². The van der Waals surface area contributed by atoms with E-state index in [0.29, 0.717) is 0 Å². The minimum absolute atomic E-state index is 0.162. The fourth-order valence-electron chi connectivity index (χ4n) is 1.48. The van der Waals surface area contributed by atoms with Crippen LogP contribution in [0.2, 0.25) is 0 Å². The van der Waals surface area contributed by atoms with E-state index in [4.69, 9.17) is 15.6 Å². The first kappa shape index (κ1) is 13.3. The van der Waals surface area contributed by atoms with Crippen molar-refractivity contribution in [2.45, 2.75) is 4.90 Å². The lowest BCUT2D eigenvalue weighted by molar-refractivity contribution is 0.475. The number of nitrogen functional groups attached to an aromatic ring is 1. The van der Waals surface area contributed by atoms with Crippen LogP contribution in [0.15, 0.2) is 47.4 Å². The number of nitrogens with two attached hydrogens (primary N) is 2. The summed E-state index contributed by atoms with van der Waals surface area (Å²) in [6.07, 6.45) is 0. The maximum atomic E-state index is 13.0. The lowest BCUT2D eigenvalue weighted by Crippen LogP contribution is -2.12. The van der Waals surface area contributed by atoms with Gasteiger partial charge in [-0.05, 0) is 18.2 Å². The van der Waals surface area contributed by atoms with Crippen molar-refractivity contribution in [2.75, 3.05) is 5.73 Å². The Kier molecular flexibility index (Phi) is 3.41. The molecule has 0 aromatic heterocycles. The number of sulfonamides is 1. The van der Waals surface area contributed by atoms with Crippen LogP contribution in [0.4, 0.5) is 10.1 Å². The van der Waals surface area contributed by atoms with Gasteiger partial charge in [-0.1, -0.05) is 6.07 Å². The van der Waals surface area contributed by atoms with Crippen LogP contribution in [0.25, 0.3) is 0 Å². The minimum atomic E-state index is -3.88. The van der Waals surface area contributed by atoms with Gasteiger partial charge >= 0.3 is 0 Å². The predicted molar refractivity (Wildman–Crippen MR) is 68.7 cm³/mol. The maximum absolute atomic E-state index is 13.0. The van der Waals surface area contributed by atoms with E-state index >= 15 is 0 Å². The predicted octanol–water partition coefficient (Wildman–Crippen LogP) is 1.85. The monoisotopic (exact) mass is 282 g/mol. The molecule has 4 N–H and O–H groups in total. The zero-order chi connectivity index (χ0) is 14.0. The van der Waals surface area contributed by atoms with Crippen LogP contribution >= 0.6 is 0 Å². The molecule has 2 rings (SSSR count). The summed E-state index contributed by atoms with van der Waals surface area (Å²) in [4.78, 5) is -0.168. The molecule has 0 aliphatic heterocycles. The Balaban J connectivity index is 2.38. The van der Waals surface area contributed by atoms with Crippen molar-refractivity contribution in [1.29, 1.82) is 0 Å².